The molecule has 1 amide bonds. The van der Waals surface area contributed by atoms with Crippen LogP contribution in [0.5, 0.6) is 11.5 Å². The number of carbonyl (C=O) groups is 1. The summed E-state index contributed by atoms with van der Waals surface area (Å²) in [7, 11) is 0. The number of unbranched alkanes of at least 4 members (excludes halogenated alkanes) is 1. The van der Waals surface area contributed by atoms with Gasteiger partial charge in [-0.2, -0.15) is 0 Å². The lowest BCUT2D eigenvalue weighted by molar-refractivity contribution is -0.120. The van der Waals surface area contributed by atoms with Crippen LogP contribution in [0.2, 0.25) is 0 Å². The molecule has 0 aliphatic heterocycles. The Kier molecular flexibility index (Phi) is 9.21. The van der Waals surface area contributed by atoms with E-state index in [4.69, 9.17) is 4.74 Å². The molecule has 1 saturated carbocycles. The molecule has 1 fully saturated rings. The van der Waals surface area contributed by atoms with Crippen molar-refractivity contribution in [1.82, 2.24) is 0 Å². The van der Waals surface area contributed by atoms with E-state index in [-0.39, 0.29) is 11.8 Å². The highest BCUT2D eigenvalue weighted by Crippen LogP contribution is 2.28. The molecule has 0 bridgehead atoms. The van der Waals surface area contributed by atoms with E-state index >= 15 is 0 Å². The molecule has 4 nitrogen and oxygen atoms in total. The van der Waals surface area contributed by atoms with Crippen LogP contribution < -0.4 is 15.4 Å². The Bertz CT molecular complexity index is 852. The van der Waals surface area contributed by atoms with Crippen LogP contribution >= 0.6 is 0 Å². The highest BCUT2D eigenvalue weighted by molar-refractivity contribution is 5.92. The number of anilines is 2. The fourth-order valence-corrected chi connectivity index (χ4v) is 4.32. The second-order valence-corrected chi connectivity index (χ2v) is 8.87. The number of ether oxygens (including phenoxy) is 1. The van der Waals surface area contributed by atoms with Gasteiger partial charge in [-0.25, -0.2) is 0 Å². The van der Waals surface area contributed by atoms with E-state index in [1.165, 1.54) is 25.7 Å². The molecule has 172 valence electrons. The standard InChI is InChI=1S/C28H38N2O2/c1-4-6-10-22(5-2)21(3)29-24-13-17-26(18-14-24)32-27-19-15-25(16-20-27)30-28(31)23-11-8-7-9-12-23/h13-20,22-23,29H,3-12H2,1-2H3,(H,30,31). The lowest BCUT2D eigenvalue weighted by Gasteiger charge is -2.20. The molecule has 0 radical (unpaired) electrons. The van der Waals surface area contributed by atoms with Gasteiger partial charge in [0.05, 0.1) is 0 Å². The minimum absolute atomic E-state index is 0.142. The largest absolute Gasteiger partial charge is 0.457 e. The lowest BCUT2D eigenvalue weighted by Crippen LogP contribution is -2.24. The molecule has 4 heteroatoms. The first kappa shape index (κ1) is 23.9. The van der Waals surface area contributed by atoms with Gasteiger partial charge in [0.15, 0.2) is 0 Å². The van der Waals surface area contributed by atoms with E-state index in [0.29, 0.717) is 5.92 Å². The summed E-state index contributed by atoms with van der Waals surface area (Å²) in [6.45, 7) is 8.69. The van der Waals surface area contributed by atoms with E-state index in [0.717, 1.165) is 60.7 Å². The maximum absolute atomic E-state index is 12.4. The third-order valence-electron chi connectivity index (χ3n) is 6.38. The van der Waals surface area contributed by atoms with E-state index in [2.05, 4.69) is 31.1 Å². The molecule has 1 aliphatic rings. The van der Waals surface area contributed by atoms with Gasteiger partial charge in [0.2, 0.25) is 5.91 Å². The zero-order valence-corrected chi connectivity index (χ0v) is 19.7. The first-order valence-corrected chi connectivity index (χ1v) is 12.2. The number of benzene rings is 2. The minimum Gasteiger partial charge on any atom is -0.457 e. The molecule has 0 heterocycles. The summed E-state index contributed by atoms with van der Waals surface area (Å²) >= 11 is 0. The van der Waals surface area contributed by atoms with E-state index in [1.807, 2.05) is 48.5 Å². The molecular formula is C28H38N2O2. The van der Waals surface area contributed by atoms with Crippen LogP contribution in [0.15, 0.2) is 60.8 Å². The maximum Gasteiger partial charge on any atom is 0.227 e. The van der Waals surface area contributed by atoms with Crippen molar-refractivity contribution in [3.63, 3.8) is 0 Å². The molecule has 32 heavy (non-hydrogen) atoms. The second kappa shape index (κ2) is 12.3. The fourth-order valence-electron chi connectivity index (χ4n) is 4.32. The van der Waals surface area contributed by atoms with Crippen LogP contribution in [0, 0.1) is 11.8 Å². The first-order chi connectivity index (χ1) is 15.6. The zero-order chi connectivity index (χ0) is 22.8. The molecule has 2 N–H and O–H groups in total. The number of amides is 1. The number of hydrogen-bond donors (Lipinski definition) is 2. The van der Waals surface area contributed by atoms with Crippen molar-refractivity contribution < 1.29 is 9.53 Å². The number of nitrogens with one attached hydrogen (secondary N) is 2. The van der Waals surface area contributed by atoms with Gasteiger partial charge < -0.3 is 15.4 Å². The van der Waals surface area contributed by atoms with Crippen molar-refractivity contribution >= 4 is 17.3 Å². The summed E-state index contributed by atoms with van der Waals surface area (Å²) in [5, 5.41) is 6.50. The van der Waals surface area contributed by atoms with Gasteiger partial charge >= 0.3 is 0 Å². The zero-order valence-electron chi connectivity index (χ0n) is 19.7. The summed E-state index contributed by atoms with van der Waals surface area (Å²) in [5.41, 5.74) is 2.93. The molecule has 1 unspecified atom stereocenters. The van der Waals surface area contributed by atoms with Crippen molar-refractivity contribution in [3.05, 3.63) is 60.8 Å². The van der Waals surface area contributed by atoms with E-state index in [1.54, 1.807) is 0 Å². The molecule has 0 saturated heterocycles. The quantitative estimate of drug-likeness (QED) is 0.375. The number of hydrogen-bond acceptors (Lipinski definition) is 3. The van der Waals surface area contributed by atoms with E-state index in [9.17, 15) is 4.79 Å². The van der Waals surface area contributed by atoms with Crippen molar-refractivity contribution in [2.75, 3.05) is 10.6 Å². The van der Waals surface area contributed by atoms with E-state index < -0.39 is 0 Å². The number of rotatable bonds is 11. The lowest BCUT2D eigenvalue weighted by atomic mass is 9.88. The predicted octanol–water partition coefficient (Wildman–Crippen LogP) is 8.14. The SMILES string of the molecule is C=C(Nc1ccc(Oc2ccc(NC(=O)C3CCCCC3)cc2)cc1)C(CC)CCCC. The number of carbonyl (C=O) groups excluding carboxylic acids is 1. The van der Waals surface area contributed by atoms with Gasteiger partial charge in [-0.05, 0) is 80.1 Å². The van der Waals surface area contributed by atoms with Gasteiger partial charge in [0, 0.05) is 23.0 Å². The Morgan fingerprint density at radius 3 is 2.03 bits per heavy atom. The Morgan fingerprint density at radius 2 is 1.50 bits per heavy atom. The first-order valence-electron chi connectivity index (χ1n) is 12.2. The minimum atomic E-state index is 0.142. The van der Waals surface area contributed by atoms with Crippen LogP contribution in [-0.2, 0) is 4.79 Å². The highest BCUT2D eigenvalue weighted by atomic mass is 16.5. The highest BCUT2D eigenvalue weighted by Gasteiger charge is 2.21. The Hall–Kier alpha value is -2.75. The van der Waals surface area contributed by atoms with Gasteiger partial charge in [-0.3, -0.25) is 4.79 Å². The van der Waals surface area contributed by atoms with Crippen LogP contribution in [0.25, 0.3) is 0 Å². The molecule has 1 aliphatic carbocycles. The van der Waals surface area contributed by atoms with Crippen LogP contribution in [0.3, 0.4) is 0 Å². The predicted molar refractivity (Wildman–Crippen MR) is 134 cm³/mol. The fraction of sp³-hybridized carbons (Fsp3) is 0.464. The van der Waals surface area contributed by atoms with Gasteiger partial charge in [-0.1, -0.05) is 52.5 Å². The summed E-state index contributed by atoms with van der Waals surface area (Å²) in [5.74, 6) is 2.32. The number of allylic oxidation sites excluding steroid dienone is 1. The summed E-state index contributed by atoms with van der Waals surface area (Å²) < 4.78 is 5.97. The normalized spacial score (nSPS) is 15.1. The average molecular weight is 435 g/mol. The Labute approximate surface area is 193 Å². The molecule has 3 rings (SSSR count). The molecular weight excluding hydrogens is 396 g/mol. The molecule has 0 aromatic heterocycles. The van der Waals surface area contributed by atoms with Crippen LogP contribution in [-0.4, -0.2) is 5.91 Å². The van der Waals surface area contributed by atoms with Crippen LogP contribution in [0.4, 0.5) is 11.4 Å². The maximum atomic E-state index is 12.4. The van der Waals surface area contributed by atoms with Crippen molar-refractivity contribution in [2.24, 2.45) is 11.8 Å². The second-order valence-electron chi connectivity index (χ2n) is 8.87. The average Bonchev–Trinajstić information content (AvgIpc) is 2.82. The molecule has 2 aromatic carbocycles. The molecule has 0 spiro atoms. The van der Waals surface area contributed by atoms with Crippen LogP contribution in [0.1, 0.15) is 71.6 Å². The Morgan fingerprint density at radius 1 is 0.938 bits per heavy atom. The summed E-state index contributed by atoms with van der Waals surface area (Å²) in [4.78, 5) is 12.4. The third kappa shape index (κ3) is 7.15. The third-order valence-corrected chi connectivity index (χ3v) is 6.38. The van der Waals surface area contributed by atoms with Crippen molar-refractivity contribution in [3.8, 4) is 11.5 Å². The monoisotopic (exact) mass is 434 g/mol. The molecule has 2 aromatic rings. The van der Waals surface area contributed by atoms with Gasteiger partial charge in [0.25, 0.3) is 0 Å². The van der Waals surface area contributed by atoms with Crippen molar-refractivity contribution in [1.29, 1.82) is 0 Å². The summed E-state index contributed by atoms with van der Waals surface area (Å²) in [6, 6.07) is 15.5. The van der Waals surface area contributed by atoms with Crippen molar-refractivity contribution in [2.45, 2.75) is 71.6 Å². The summed E-state index contributed by atoms with van der Waals surface area (Å²) in [6.07, 6.45) is 10.3. The van der Waals surface area contributed by atoms with Gasteiger partial charge in [0.1, 0.15) is 11.5 Å². The molecule has 1 atom stereocenters. The van der Waals surface area contributed by atoms with Gasteiger partial charge in [-0.15, -0.1) is 0 Å². The Balaban J connectivity index is 1.50. The smallest absolute Gasteiger partial charge is 0.227 e. The topological polar surface area (TPSA) is 50.4 Å².